The summed E-state index contributed by atoms with van der Waals surface area (Å²) < 4.78 is 10.3. The summed E-state index contributed by atoms with van der Waals surface area (Å²) in [5.41, 5.74) is 0.341. The van der Waals surface area contributed by atoms with Gasteiger partial charge in [-0.2, -0.15) is 0 Å². The van der Waals surface area contributed by atoms with E-state index in [1.54, 1.807) is 25.1 Å². The van der Waals surface area contributed by atoms with Crippen LogP contribution in [0.3, 0.4) is 0 Å². The van der Waals surface area contributed by atoms with E-state index < -0.39 is 11.9 Å². The van der Waals surface area contributed by atoms with Crippen LogP contribution in [0.4, 0.5) is 0 Å². The summed E-state index contributed by atoms with van der Waals surface area (Å²) in [6, 6.07) is 5.11. The van der Waals surface area contributed by atoms with Gasteiger partial charge in [-0.3, -0.25) is 9.59 Å². The molecule has 0 fully saturated rings. The average molecular weight is 295 g/mol. The summed E-state index contributed by atoms with van der Waals surface area (Å²) in [5.74, 6) is -0.667. The van der Waals surface area contributed by atoms with E-state index in [1.165, 1.54) is 14.2 Å². The number of hydrogen-bond donors (Lipinski definition) is 2. The zero-order valence-electron chi connectivity index (χ0n) is 12.5. The van der Waals surface area contributed by atoms with Gasteiger partial charge in [0, 0.05) is 6.54 Å². The molecule has 6 nitrogen and oxygen atoms in total. The number of carbonyl (C=O) groups excluding carboxylic acids is 1. The van der Waals surface area contributed by atoms with E-state index in [0.717, 1.165) is 0 Å². The van der Waals surface area contributed by atoms with E-state index in [0.29, 0.717) is 36.4 Å². The number of carboxylic acids is 1. The molecular weight excluding hydrogens is 274 g/mol. The van der Waals surface area contributed by atoms with E-state index in [-0.39, 0.29) is 5.91 Å². The number of nitrogens with one attached hydrogen (secondary N) is 1. The largest absolute Gasteiger partial charge is 0.496 e. The third kappa shape index (κ3) is 4.66. The summed E-state index contributed by atoms with van der Waals surface area (Å²) in [7, 11) is 2.97. The van der Waals surface area contributed by atoms with Crippen molar-refractivity contribution in [1.82, 2.24) is 5.32 Å². The maximum Gasteiger partial charge on any atom is 0.306 e. The van der Waals surface area contributed by atoms with Crippen LogP contribution in [0.1, 0.15) is 30.1 Å². The van der Waals surface area contributed by atoms with Gasteiger partial charge in [-0.25, -0.2) is 0 Å². The van der Waals surface area contributed by atoms with Gasteiger partial charge in [-0.1, -0.05) is 13.0 Å². The zero-order valence-corrected chi connectivity index (χ0v) is 12.5. The molecule has 0 aliphatic carbocycles. The van der Waals surface area contributed by atoms with E-state index in [2.05, 4.69) is 5.32 Å². The Balaban J connectivity index is 2.62. The van der Waals surface area contributed by atoms with Crippen molar-refractivity contribution in [2.45, 2.75) is 19.8 Å². The van der Waals surface area contributed by atoms with Crippen molar-refractivity contribution in [1.29, 1.82) is 0 Å². The molecule has 0 spiro atoms. The number of ether oxygens (including phenoxy) is 2. The number of aliphatic carboxylic acids is 1. The van der Waals surface area contributed by atoms with Gasteiger partial charge >= 0.3 is 5.97 Å². The van der Waals surface area contributed by atoms with Gasteiger partial charge in [0.1, 0.15) is 17.1 Å². The number of hydrogen-bond acceptors (Lipinski definition) is 4. The predicted molar refractivity (Wildman–Crippen MR) is 77.9 cm³/mol. The molecule has 1 amide bonds. The summed E-state index contributed by atoms with van der Waals surface area (Å²) in [5, 5.41) is 11.5. The van der Waals surface area contributed by atoms with Crippen LogP contribution in [0.2, 0.25) is 0 Å². The Labute approximate surface area is 124 Å². The lowest BCUT2D eigenvalue weighted by molar-refractivity contribution is -0.141. The molecule has 2 N–H and O–H groups in total. The Morgan fingerprint density at radius 1 is 1.24 bits per heavy atom. The van der Waals surface area contributed by atoms with Crippen LogP contribution in [0, 0.1) is 5.92 Å². The molecule has 1 aromatic carbocycles. The van der Waals surface area contributed by atoms with Gasteiger partial charge in [-0.05, 0) is 25.0 Å². The van der Waals surface area contributed by atoms with Gasteiger partial charge in [0.15, 0.2) is 0 Å². The second-order valence-corrected chi connectivity index (χ2v) is 4.67. The number of benzene rings is 1. The van der Waals surface area contributed by atoms with Crippen LogP contribution < -0.4 is 14.8 Å². The van der Waals surface area contributed by atoms with Crippen molar-refractivity contribution in [2.75, 3.05) is 20.8 Å². The first kappa shape index (κ1) is 16.8. The molecule has 6 heteroatoms. The molecule has 0 aliphatic rings. The fraction of sp³-hybridized carbons (Fsp3) is 0.467. The summed E-state index contributed by atoms with van der Waals surface area (Å²) in [4.78, 5) is 22.9. The van der Waals surface area contributed by atoms with Crippen molar-refractivity contribution in [3.8, 4) is 11.5 Å². The smallest absolute Gasteiger partial charge is 0.306 e. The topological polar surface area (TPSA) is 84.9 Å². The Bertz CT molecular complexity index is 479. The Morgan fingerprint density at radius 2 is 1.81 bits per heavy atom. The number of amides is 1. The van der Waals surface area contributed by atoms with Crippen molar-refractivity contribution < 1.29 is 24.2 Å². The predicted octanol–water partition coefficient (Wildman–Crippen LogP) is 1.93. The maximum atomic E-state index is 12.2. The van der Waals surface area contributed by atoms with Gasteiger partial charge in [0.25, 0.3) is 5.91 Å². The zero-order chi connectivity index (χ0) is 15.8. The number of rotatable bonds is 8. The molecule has 0 heterocycles. The second-order valence-electron chi connectivity index (χ2n) is 4.67. The van der Waals surface area contributed by atoms with Gasteiger partial charge < -0.3 is 19.9 Å². The molecule has 21 heavy (non-hydrogen) atoms. The second kappa shape index (κ2) is 8.14. The van der Waals surface area contributed by atoms with E-state index in [1.807, 2.05) is 0 Å². The molecule has 0 saturated carbocycles. The third-order valence-electron chi connectivity index (χ3n) is 3.18. The first-order chi connectivity index (χ1) is 10.0. The van der Waals surface area contributed by atoms with Crippen molar-refractivity contribution >= 4 is 11.9 Å². The van der Waals surface area contributed by atoms with E-state index >= 15 is 0 Å². The molecule has 1 unspecified atom stereocenters. The van der Waals surface area contributed by atoms with Gasteiger partial charge in [0.05, 0.1) is 20.1 Å². The SMILES string of the molecule is COc1cccc(OC)c1C(=O)NCCCC(C)C(=O)O. The van der Waals surface area contributed by atoms with Gasteiger partial charge in [0.2, 0.25) is 0 Å². The van der Waals surface area contributed by atoms with Gasteiger partial charge in [-0.15, -0.1) is 0 Å². The Hall–Kier alpha value is -2.24. The molecule has 0 bridgehead atoms. The summed E-state index contributed by atoms with van der Waals surface area (Å²) >= 11 is 0. The Kier molecular flexibility index (Phi) is 6.52. The highest BCUT2D eigenvalue weighted by Crippen LogP contribution is 2.27. The highest BCUT2D eigenvalue weighted by molar-refractivity contribution is 5.99. The molecule has 116 valence electrons. The van der Waals surface area contributed by atoms with Crippen LogP contribution >= 0.6 is 0 Å². The van der Waals surface area contributed by atoms with Crippen LogP contribution in [-0.4, -0.2) is 37.7 Å². The molecule has 0 saturated heterocycles. The highest BCUT2D eigenvalue weighted by Gasteiger charge is 2.18. The molecule has 0 aromatic heterocycles. The number of carboxylic acid groups (broad SMARTS) is 1. The first-order valence-electron chi connectivity index (χ1n) is 6.73. The first-order valence-corrected chi connectivity index (χ1v) is 6.73. The maximum absolute atomic E-state index is 12.2. The lowest BCUT2D eigenvalue weighted by atomic mass is 10.1. The van der Waals surface area contributed by atoms with E-state index in [4.69, 9.17) is 14.6 Å². The fourth-order valence-corrected chi connectivity index (χ4v) is 1.90. The quantitative estimate of drug-likeness (QED) is 0.716. The molecule has 0 radical (unpaired) electrons. The third-order valence-corrected chi connectivity index (χ3v) is 3.18. The van der Waals surface area contributed by atoms with Crippen LogP contribution in [0.25, 0.3) is 0 Å². The lowest BCUT2D eigenvalue weighted by Gasteiger charge is -2.13. The molecule has 1 aromatic rings. The molecule has 1 atom stereocenters. The monoisotopic (exact) mass is 295 g/mol. The minimum Gasteiger partial charge on any atom is -0.496 e. The normalized spacial score (nSPS) is 11.6. The minimum atomic E-state index is -0.826. The molecular formula is C15H21NO5. The van der Waals surface area contributed by atoms with Crippen molar-refractivity contribution in [3.63, 3.8) is 0 Å². The average Bonchev–Trinajstić information content (AvgIpc) is 2.49. The standard InChI is InChI=1S/C15H21NO5/c1-10(15(18)19)6-5-9-16-14(17)13-11(20-2)7-4-8-12(13)21-3/h4,7-8,10H,5-6,9H2,1-3H3,(H,16,17)(H,18,19). The van der Waals surface area contributed by atoms with Crippen LogP contribution in [0.5, 0.6) is 11.5 Å². The van der Waals surface area contributed by atoms with E-state index in [9.17, 15) is 9.59 Å². The summed E-state index contributed by atoms with van der Waals surface area (Å²) in [6.07, 6.45) is 1.11. The molecule has 1 rings (SSSR count). The summed E-state index contributed by atoms with van der Waals surface area (Å²) in [6.45, 7) is 2.05. The van der Waals surface area contributed by atoms with Crippen LogP contribution in [-0.2, 0) is 4.79 Å². The van der Waals surface area contributed by atoms with Crippen molar-refractivity contribution in [3.05, 3.63) is 23.8 Å². The Morgan fingerprint density at radius 3 is 2.29 bits per heavy atom. The number of methoxy groups -OCH3 is 2. The van der Waals surface area contributed by atoms with Crippen LogP contribution in [0.15, 0.2) is 18.2 Å². The lowest BCUT2D eigenvalue weighted by Crippen LogP contribution is -2.26. The molecule has 0 aliphatic heterocycles. The highest BCUT2D eigenvalue weighted by atomic mass is 16.5. The van der Waals surface area contributed by atoms with Crippen molar-refractivity contribution in [2.24, 2.45) is 5.92 Å². The number of carbonyl (C=O) groups is 2. The minimum absolute atomic E-state index is 0.299. The fourth-order valence-electron chi connectivity index (χ4n) is 1.90.